The Morgan fingerprint density at radius 2 is 2.27 bits per heavy atom. The summed E-state index contributed by atoms with van der Waals surface area (Å²) in [5.74, 6) is 0.722. The van der Waals surface area contributed by atoms with E-state index in [1.165, 1.54) is 0 Å². The third-order valence-electron chi connectivity index (χ3n) is 3.82. The third kappa shape index (κ3) is 2.80. The number of hydrogen-bond acceptors (Lipinski definition) is 4. The average molecular weight is 301 g/mol. The number of aromatic nitrogens is 3. The highest BCUT2D eigenvalue weighted by Crippen LogP contribution is 2.26. The summed E-state index contributed by atoms with van der Waals surface area (Å²) in [4.78, 5) is 13.9. The smallest absolute Gasteiger partial charge is 0.321 e. The van der Waals surface area contributed by atoms with E-state index in [2.05, 4.69) is 15.5 Å². The van der Waals surface area contributed by atoms with Crippen LogP contribution in [0, 0.1) is 0 Å². The van der Waals surface area contributed by atoms with Crippen LogP contribution < -0.4 is 5.32 Å². The molecule has 1 fully saturated rings. The van der Waals surface area contributed by atoms with Gasteiger partial charge in [-0.05, 0) is 25.5 Å². The van der Waals surface area contributed by atoms with Gasteiger partial charge in [-0.1, -0.05) is 12.1 Å². The van der Waals surface area contributed by atoms with E-state index in [-0.39, 0.29) is 6.03 Å². The Balaban J connectivity index is 1.84. The molecule has 22 heavy (non-hydrogen) atoms. The molecule has 2 N–H and O–H groups in total. The van der Waals surface area contributed by atoms with Crippen molar-refractivity contribution in [2.45, 2.75) is 26.0 Å². The Kier molecular flexibility index (Phi) is 4.06. The van der Waals surface area contributed by atoms with E-state index in [0.717, 1.165) is 17.9 Å². The summed E-state index contributed by atoms with van der Waals surface area (Å²) in [7, 11) is 0. The Hall–Kier alpha value is -2.41. The van der Waals surface area contributed by atoms with Crippen LogP contribution in [0.4, 0.5) is 10.5 Å². The normalized spacial score (nSPS) is 17.7. The SMILES string of the molecule is CCn1cnnc1-c1ccccc1NC(=O)N1CC[C@H](O)C1. The summed E-state index contributed by atoms with van der Waals surface area (Å²) >= 11 is 0. The standard InChI is InChI=1S/C15H19N5O2/c1-2-19-10-16-18-14(19)12-5-3-4-6-13(12)17-15(22)20-8-7-11(21)9-20/h3-6,10-11,21H,2,7-9H2,1H3,(H,17,22)/t11-/m0/s1. The first-order chi connectivity index (χ1) is 10.7. The first-order valence-electron chi connectivity index (χ1n) is 7.40. The van der Waals surface area contributed by atoms with Crippen molar-refractivity contribution < 1.29 is 9.90 Å². The van der Waals surface area contributed by atoms with E-state index in [1.807, 2.05) is 35.8 Å². The molecule has 1 aromatic carbocycles. The third-order valence-corrected chi connectivity index (χ3v) is 3.82. The van der Waals surface area contributed by atoms with Crippen LogP contribution in [0.1, 0.15) is 13.3 Å². The second-order valence-electron chi connectivity index (χ2n) is 5.30. The minimum atomic E-state index is -0.427. The van der Waals surface area contributed by atoms with Gasteiger partial charge in [-0.3, -0.25) is 0 Å². The van der Waals surface area contributed by atoms with Crippen molar-refractivity contribution in [3.05, 3.63) is 30.6 Å². The van der Waals surface area contributed by atoms with E-state index >= 15 is 0 Å². The first-order valence-corrected chi connectivity index (χ1v) is 7.40. The van der Waals surface area contributed by atoms with Crippen LogP contribution in [-0.2, 0) is 6.54 Å². The van der Waals surface area contributed by atoms with Crippen LogP contribution >= 0.6 is 0 Å². The number of urea groups is 1. The number of benzene rings is 1. The molecule has 0 spiro atoms. The molecule has 1 aromatic heterocycles. The largest absolute Gasteiger partial charge is 0.391 e. The summed E-state index contributed by atoms with van der Waals surface area (Å²) < 4.78 is 1.92. The molecule has 0 aliphatic carbocycles. The number of carbonyl (C=O) groups is 1. The minimum absolute atomic E-state index is 0.202. The number of amides is 2. The molecule has 7 nitrogen and oxygen atoms in total. The molecule has 7 heteroatoms. The van der Waals surface area contributed by atoms with Gasteiger partial charge in [0.2, 0.25) is 0 Å². The van der Waals surface area contributed by atoms with Gasteiger partial charge in [0, 0.05) is 25.2 Å². The molecule has 1 saturated heterocycles. The Morgan fingerprint density at radius 3 is 3.00 bits per heavy atom. The molecule has 0 bridgehead atoms. The molecule has 0 radical (unpaired) electrons. The van der Waals surface area contributed by atoms with Gasteiger partial charge >= 0.3 is 6.03 Å². The van der Waals surface area contributed by atoms with Crippen LogP contribution in [0.2, 0.25) is 0 Å². The van der Waals surface area contributed by atoms with Gasteiger partial charge in [0.15, 0.2) is 5.82 Å². The number of likely N-dealkylation sites (tertiary alicyclic amines) is 1. The maximum atomic E-state index is 12.3. The number of carbonyl (C=O) groups excluding carboxylic acids is 1. The van der Waals surface area contributed by atoms with Gasteiger partial charge in [-0.2, -0.15) is 0 Å². The van der Waals surface area contributed by atoms with Crippen molar-refractivity contribution in [3.8, 4) is 11.4 Å². The lowest BCUT2D eigenvalue weighted by atomic mass is 10.1. The highest BCUT2D eigenvalue weighted by Gasteiger charge is 2.25. The lowest BCUT2D eigenvalue weighted by Gasteiger charge is -2.18. The predicted molar refractivity (Wildman–Crippen MR) is 82.3 cm³/mol. The summed E-state index contributed by atoms with van der Waals surface area (Å²) in [6.07, 6.45) is 1.87. The van der Waals surface area contributed by atoms with Gasteiger partial charge in [0.1, 0.15) is 6.33 Å². The van der Waals surface area contributed by atoms with Gasteiger partial charge < -0.3 is 19.9 Å². The van der Waals surface area contributed by atoms with E-state index in [9.17, 15) is 9.90 Å². The van der Waals surface area contributed by atoms with Gasteiger partial charge in [0.05, 0.1) is 11.8 Å². The maximum absolute atomic E-state index is 12.3. The quantitative estimate of drug-likeness (QED) is 0.901. The van der Waals surface area contributed by atoms with E-state index < -0.39 is 6.10 Å². The summed E-state index contributed by atoms with van der Waals surface area (Å²) in [5.41, 5.74) is 1.52. The second-order valence-corrected chi connectivity index (χ2v) is 5.30. The van der Waals surface area contributed by atoms with E-state index in [0.29, 0.717) is 25.2 Å². The molecule has 0 saturated carbocycles. The van der Waals surface area contributed by atoms with Gasteiger partial charge in [-0.25, -0.2) is 4.79 Å². The zero-order valence-corrected chi connectivity index (χ0v) is 12.4. The first kappa shape index (κ1) is 14.5. The number of aliphatic hydroxyl groups is 1. The van der Waals surface area contributed by atoms with Gasteiger partial charge in [0.25, 0.3) is 0 Å². The molecule has 2 amide bonds. The molecule has 3 rings (SSSR count). The Labute approximate surface area is 128 Å². The number of nitrogens with zero attached hydrogens (tertiary/aromatic N) is 4. The fourth-order valence-corrected chi connectivity index (χ4v) is 2.60. The van der Waals surface area contributed by atoms with Crippen LogP contribution in [0.5, 0.6) is 0 Å². The summed E-state index contributed by atoms with van der Waals surface area (Å²) in [5, 5.41) is 20.5. The molecule has 0 unspecified atom stereocenters. The van der Waals surface area contributed by atoms with Crippen molar-refractivity contribution in [1.82, 2.24) is 19.7 Å². The minimum Gasteiger partial charge on any atom is -0.391 e. The Bertz CT molecular complexity index is 669. The summed E-state index contributed by atoms with van der Waals surface area (Å²) in [6, 6.07) is 7.31. The monoisotopic (exact) mass is 301 g/mol. The average Bonchev–Trinajstić information content (AvgIpc) is 3.16. The fourth-order valence-electron chi connectivity index (χ4n) is 2.60. The molecular formula is C15H19N5O2. The molecule has 2 aromatic rings. The van der Waals surface area contributed by atoms with Crippen molar-refractivity contribution in [2.75, 3.05) is 18.4 Å². The molecule has 1 aliphatic rings. The molecule has 2 heterocycles. The predicted octanol–water partition coefficient (Wildman–Crippen LogP) is 1.56. The number of rotatable bonds is 3. The highest BCUT2D eigenvalue weighted by atomic mass is 16.3. The van der Waals surface area contributed by atoms with Crippen LogP contribution in [0.3, 0.4) is 0 Å². The summed E-state index contributed by atoms with van der Waals surface area (Å²) in [6.45, 7) is 3.71. The molecule has 1 atom stereocenters. The highest BCUT2D eigenvalue weighted by molar-refractivity contribution is 5.93. The lowest BCUT2D eigenvalue weighted by molar-refractivity contribution is 0.176. The number of anilines is 1. The van der Waals surface area contributed by atoms with Crippen molar-refractivity contribution >= 4 is 11.7 Å². The number of hydrogen-bond donors (Lipinski definition) is 2. The van der Waals surface area contributed by atoms with Crippen LogP contribution in [-0.4, -0.2) is 50.0 Å². The van der Waals surface area contributed by atoms with Crippen molar-refractivity contribution in [3.63, 3.8) is 0 Å². The van der Waals surface area contributed by atoms with Crippen LogP contribution in [0.25, 0.3) is 11.4 Å². The Morgan fingerprint density at radius 1 is 1.45 bits per heavy atom. The zero-order valence-electron chi connectivity index (χ0n) is 12.4. The number of aryl methyl sites for hydroxylation is 1. The fraction of sp³-hybridized carbons (Fsp3) is 0.400. The van der Waals surface area contributed by atoms with Gasteiger partial charge in [-0.15, -0.1) is 10.2 Å². The molecule has 1 aliphatic heterocycles. The number of para-hydroxylation sites is 1. The second kappa shape index (κ2) is 6.15. The van der Waals surface area contributed by atoms with E-state index in [4.69, 9.17) is 0 Å². The topological polar surface area (TPSA) is 83.3 Å². The number of nitrogens with one attached hydrogen (secondary N) is 1. The van der Waals surface area contributed by atoms with E-state index in [1.54, 1.807) is 11.2 Å². The number of β-amino-alcohol motifs (C(OH)–C–C–N with tert-alkyl or cyclic N) is 1. The molecular weight excluding hydrogens is 282 g/mol. The van der Waals surface area contributed by atoms with Crippen molar-refractivity contribution in [1.29, 1.82) is 0 Å². The number of aliphatic hydroxyl groups excluding tert-OH is 1. The lowest BCUT2D eigenvalue weighted by Crippen LogP contribution is -2.33. The van der Waals surface area contributed by atoms with Crippen LogP contribution in [0.15, 0.2) is 30.6 Å². The molecule has 116 valence electrons. The van der Waals surface area contributed by atoms with Crippen molar-refractivity contribution in [2.24, 2.45) is 0 Å². The maximum Gasteiger partial charge on any atom is 0.321 e. The zero-order chi connectivity index (χ0) is 15.5.